The maximum Gasteiger partial charge on any atom is 0.154 e. The first-order valence-corrected chi connectivity index (χ1v) is 9.06. The molecule has 0 heterocycles. The number of hydrogen-bond donors (Lipinski definition) is 1. The highest BCUT2D eigenvalue weighted by Gasteiger charge is 2.39. The number of nitrogens with one attached hydrogen (secondary N) is 1. The highest BCUT2D eigenvalue weighted by Crippen LogP contribution is 2.34. The molecule has 4 heteroatoms. The van der Waals surface area contributed by atoms with Gasteiger partial charge < -0.3 is 5.32 Å². The molecule has 1 aromatic rings. The lowest BCUT2D eigenvalue weighted by Gasteiger charge is -2.34. The van der Waals surface area contributed by atoms with Crippen LogP contribution in [0.2, 0.25) is 0 Å². The molecule has 114 valence electrons. The first-order valence-electron chi connectivity index (χ1n) is 7.17. The maximum absolute atomic E-state index is 12.1. The topological polar surface area (TPSA) is 46.2 Å². The molecular formula is C16H27NO2S. The van der Waals surface area contributed by atoms with Gasteiger partial charge in [-0.25, -0.2) is 8.42 Å². The zero-order valence-corrected chi connectivity index (χ0v) is 14.3. The van der Waals surface area contributed by atoms with Crippen LogP contribution in [0.3, 0.4) is 0 Å². The molecule has 0 aliphatic rings. The zero-order chi connectivity index (χ0) is 15.6. The smallest absolute Gasteiger partial charge is 0.154 e. The normalized spacial score (nSPS) is 14.3. The molecule has 0 saturated carbocycles. The summed E-state index contributed by atoms with van der Waals surface area (Å²) in [6.45, 7) is 7.80. The van der Waals surface area contributed by atoms with Gasteiger partial charge in [-0.2, -0.15) is 0 Å². The van der Waals surface area contributed by atoms with Gasteiger partial charge in [0.2, 0.25) is 0 Å². The van der Waals surface area contributed by atoms with E-state index in [1.807, 2.05) is 7.05 Å². The third-order valence-electron chi connectivity index (χ3n) is 4.25. The van der Waals surface area contributed by atoms with E-state index in [0.717, 1.165) is 18.4 Å². The molecule has 0 aliphatic carbocycles. The fraction of sp³-hybridized carbons (Fsp3) is 0.625. The highest BCUT2D eigenvalue weighted by atomic mass is 32.2. The molecule has 1 N–H and O–H groups in total. The van der Waals surface area contributed by atoms with E-state index in [-0.39, 0.29) is 6.04 Å². The van der Waals surface area contributed by atoms with E-state index in [9.17, 15) is 8.42 Å². The van der Waals surface area contributed by atoms with Crippen LogP contribution >= 0.6 is 0 Å². The van der Waals surface area contributed by atoms with Crippen LogP contribution in [0.15, 0.2) is 18.2 Å². The maximum atomic E-state index is 12.1. The Morgan fingerprint density at radius 1 is 1.20 bits per heavy atom. The predicted octanol–water partition coefficient (Wildman–Crippen LogP) is 2.90. The summed E-state index contributed by atoms with van der Waals surface area (Å²) in [7, 11) is -1.34. The average molecular weight is 297 g/mol. The van der Waals surface area contributed by atoms with Crippen molar-refractivity contribution in [2.24, 2.45) is 0 Å². The van der Waals surface area contributed by atoms with Crippen molar-refractivity contribution in [3.05, 3.63) is 34.9 Å². The molecule has 0 radical (unpaired) electrons. The Bertz CT molecular complexity index is 562. The molecule has 1 aromatic carbocycles. The quantitative estimate of drug-likeness (QED) is 0.878. The van der Waals surface area contributed by atoms with Crippen LogP contribution in [0.5, 0.6) is 0 Å². The third-order valence-corrected chi connectivity index (χ3v) is 6.40. The monoisotopic (exact) mass is 297 g/mol. The predicted molar refractivity (Wildman–Crippen MR) is 85.9 cm³/mol. The summed E-state index contributed by atoms with van der Waals surface area (Å²) in [6.07, 6.45) is 3.16. The Morgan fingerprint density at radius 2 is 1.80 bits per heavy atom. The standard InChI is InChI=1S/C16H27NO2S/c1-7-12-9-10-13(8-2)14(11-12)15(17-5)16(3,4)20(6,18)19/h9-11,15,17H,7-8H2,1-6H3. The number of aryl methyl sites for hydroxylation is 2. The van der Waals surface area contributed by atoms with Gasteiger partial charge >= 0.3 is 0 Å². The van der Waals surface area contributed by atoms with Crippen LogP contribution in [-0.4, -0.2) is 26.5 Å². The van der Waals surface area contributed by atoms with Crippen molar-refractivity contribution in [3.8, 4) is 0 Å². The molecule has 0 aromatic heterocycles. The molecule has 0 fully saturated rings. The minimum atomic E-state index is -3.17. The molecule has 0 aliphatic heterocycles. The first kappa shape index (κ1) is 17.2. The van der Waals surface area contributed by atoms with Gasteiger partial charge in [-0.15, -0.1) is 0 Å². The van der Waals surface area contributed by atoms with Crippen molar-refractivity contribution in [1.82, 2.24) is 5.32 Å². The van der Waals surface area contributed by atoms with Gasteiger partial charge in [-0.05, 0) is 50.4 Å². The summed E-state index contributed by atoms with van der Waals surface area (Å²) in [4.78, 5) is 0. The Labute approximate surface area is 123 Å². The second kappa shape index (κ2) is 6.27. The molecule has 1 rings (SSSR count). The van der Waals surface area contributed by atoms with Gasteiger partial charge in [-0.1, -0.05) is 32.0 Å². The molecule has 20 heavy (non-hydrogen) atoms. The molecule has 1 unspecified atom stereocenters. The Kier molecular flexibility index (Phi) is 5.39. The lowest BCUT2D eigenvalue weighted by Crippen LogP contribution is -2.44. The second-order valence-corrected chi connectivity index (χ2v) is 8.43. The van der Waals surface area contributed by atoms with E-state index in [1.54, 1.807) is 13.8 Å². The van der Waals surface area contributed by atoms with Crippen LogP contribution in [-0.2, 0) is 22.7 Å². The van der Waals surface area contributed by atoms with E-state index in [0.29, 0.717) is 0 Å². The lowest BCUT2D eigenvalue weighted by atomic mass is 9.89. The molecule has 0 amide bonds. The van der Waals surface area contributed by atoms with Crippen molar-refractivity contribution in [2.75, 3.05) is 13.3 Å². The van der Waals surface area contributed by atoms with Crippen molar-refractivity contribution in [3.63, 3.8) is 0 Å². The van der Waals surface area contributed by atoms with Gasteiger partial charge in [0.05, 0.1) is 10.8 Å². The summed E-state index contributed by atoms with van der Waals surface area (Å²) in [5.41, 5.74) is 3.55. The van der Waals surface area contributed by atoms with Gasteiger partial charge in [0.1, 0.15) is 0 Å². The molecule has 1 atom stereocenters. The fourth-order valence-electron chi connectivity index (χ4n) is 2.55. The third kappa shape index (κ3) is 3.23. The van der Waals surface area contributed by atoms with Crippen LogP contribution in [0, 0.1) is 0 Å². The highest BCUT2D eigenvalue weighted by molar-refractivity contribution is 7.92. The van der Waals surface area contributed by atoms with Gasteiger partial charge in [0.25, 0.3) is 0 Å². The van der Waals surface area contributed by atoms with E-state index in [2.05, 4.69) is 37.4 Å². The Balaban J connectivity index is 3.45. The molecule has 0 spiro atoms. The summed E-state index contributed by atoms with van der Waals surface area (Å²) in [6, 6.07) is 6.19. The number of benzene rings is 1. The fourth-order valence-corrected chi connectivity index (χ4v) is 3.22. The van der Waals surface area contributed by atoms with Crippen molar-refractivity contribution in [1.29, 1.82) is 0 Å². The largest absolute Gasteiger partial charge is 0.312 e. The SMILES string of the molecule is CCc1ccc(CC)c(C(NC)C(C)(C)S(C)(=O)=O)c1. The molecule has 3 nitrogen and oxygen atoms in total. The van der Waals surface area contributed by atoms with Crippen LogP contribution in [0.4, 0.5) is 0 Å². The summed E-state index contributed by atoms with van der Waals surface area (Å²) >= 11 is 0. The lowest BCUT2D eigenvalue weighted by molar-refractivity contribution is 0.444. The van der Waals surface area contributed by atoms with Gasteiger partial charge in [-0.3, -0.25) is 0 Å². The van der Waals surface area contributed by atoms with Crippen LogP contribution < -0.4 is 5.32 Å². The van der Waals surface area contributed by atoms with Crippen molar-refractivity contribution >= 4 is 9.84 Å². The number of hydrogen-bond acceptors (Lipinski definition) is 3. The average Bonchev–Trinajstić information content (AvgIpc) is 2.37. The second-order valence-electron chi connectivity index (χ2n) is 5.84. The molecule has 0 bridgehead atoms. The van der Waals surface area contributed by atoms with Gasteiger partial charge in [0.15, 0.2) is 9.84 Å². The van der Waals surface area contributed by atoms with Gasteiger partial charge in [0, 0.05) is 6.26 Å². The molecular weight excluding hydrogens is 270 g/mol. The number of rotatable bonds is 6. The summed E-state index contributed by atoms with van der Waals surface area (Å²) < 4.78 is 23.4. The van der Waals surface area contributed by atoms with E-state index >= 15 is 0 Å². The Hall–Kier alpha value is -0.870. The zero-order valence-electron chi connectivity index (χ0n) is 13.4. The summed E-state index contributed by atoms with van der Waals surface area (Å²) in [5, 5.41) is 3.21. The minimum absolute atomic E-state index is 0.209. The van der Waals surface area contributed by atoms with Crippen LogP contribution in [0.25, 0.3) is 0 Å². The molecule has 0 saturated heterocycles. The summed E-state index contributed by atoms with van der Waals surface area (Å²) in [5.74, 6) is 0. The Morgan fingerprint density at radius 3 is 2.20 bits per heavy atom. The number of sulfone groups is 1. The first-order chi connectivity index (χ1) is 9.18. The minimum Gasteiger partial charge on any atom is -0.312 e. The van der Waals surface area contributed by atoms with Crippen LogP contribution in [0.1, 0.15) is 50.4 Å². The van der Waals surface area contributed by atoms with E-state index in [1.165, 1.54) is 17.4 Å². The van der Waals surface area contributed by atoms with E-state index < -0.39 is 14.6 Å². The van der Waals surface area contributed by atoms with Crippen molar-refractivity contribution < 1.29 is 8.42 Å². The van der Waals surface area contributed by atoms with Crippen molar-refractivity contribution in [2.45, 2.75) is 51.3 Å². The van der Waals surface area contributed by atoms with E-state index in [4.69, 9.17) is 0 Å².